The Hall–Kier alpha value is -3.39. The van der Waals surface area contributed by atoms with Crippen molar-refractivity contribution in [2.75, 3.05) is 11.9 Å². The zero-order valence-electron chi connectivity index (χ0n) is 17.6. The number of fused-ring (bicyclic) bond motifs is 2. The highest BCUT2D eigenvalue weighted by molar-refractivity contribution is 7.98. The number of rotatable bonds is 6. The van der Waals surface area contributed by atoms with Crippen LogP contribution in [-0.2, 0) is 16.3 Å². The van der Waals surface area contributed by atoms with E-state index in [2.05, 4.69) is 5.32 Å². The van der Waals surface area contributed by atoms with Crippen LogP contribution >= 0.6 is 11.8 Å². The van der Waals surface area contributed by atoms with Crippen molar-refractivity contribution in [1.29, 1.82) is 0 Å². The molecular weight excluding hydrogens is 424 g/mol. The van der Waals surface area contributed by atoms with Crippen LogP contribution in [0, 0.1) is 6.92 Å². The number of aromatic nitrogens is 2. The molecule has 0 atom stereocenters. The van der Waals surface area contributed by atoms with E-state index >= 15 is 0 Å². The minimum Gasteiger partial charge on any atom is -0.310 e. The molecule has 3 aromatic rings. The Bertz CT molecular complexity index is 1210. The molecule has 2 aliphatic heterocycles. The van der Waals surface area contributed by atoms with Crippen LogP contribution in [-0.4, -0.2) is 38.9 Å². The lowest BCUT2D eigenvalue weighted by atomic mass is 10.1. The van der Waals surface area contributed by atoms with E-state index in [9.17, 15) is 14.4 Å². The average molecular weight is 447 g/mol. The number of benzene rings is 2. The normalized spacial score (nSPS) is 14.6. The van der Waals surface area contributed by atoms with Crippen LogP contribution < -0.4 is 5.32 Å². The Labute approximate surface area is 189 Å². The SMILES string of the molecule is Cc1ccccc1-n1nc2c(c1NC(=O)CCCN1C(=O)c3ccccc3C1=O)CSC2. The van der Waals surface area contributed by atoms with Gasteiger partial charge in [-0.2, -0.15) is 16.9 Å². The van der Waals surface area contributed by atoms with Crippen LogP contribution in [0.25, 0.3) is 5.69 Å². The fourth-order valence-electron chi connectivity index (χ4n) is 4.15. The Morgan fingerprint density at radius 2 is 1.72 bits per heavy atom. The van der Waals surface area contributed by atoms with E-state index in [1.165, 1.54) is 4.90 Å². The maximum absolute atomic E-state index is 12.8. The molecule has 1 aromatic heterocycles. The molecular formula is C24H22N4O3S. The number of carbonyl (C=O) groups is 3. The van der Waals surface area contributed by atoms with Crippen LogP contribution in [0.1, 0.15) is 50.4 Å². The molecule has 32 heavy (non-hydrogen) atoms. The Morgan fingerprint density at radius 3 is 2.44 bits per heavy atom. The third-order valence-corrected chi connectivity index (χ3v) is 6.79. The molecule has 7 nitrogen and oxygen atoms in total. The van der Waals surface area contributed by atoms with Crippen molar-refractivity contribution < 1.29 is 14.4 Å². The van der Waals surface area contributed by atoms with Crippen LogP contribution in [0.4, 0.5) is 5.82 Å². The molecule has 3 amide bonds. The second kappa shape index (κ2) is 8.27. The largest absolute Gasteiger partial charge is 0.310 e. The van der Waals surface area contributed by atoms with E-state index in [0.29, 0.717) is 23.4 Å². The van der Waals surface area contributed by atoms with Crippen molar-refractivity contribution in [2.24, 2.45) is 0 Å². The van der Waals surface area contributed by atoms with Gasteiger partial charge >= 0.3 is 0 Å². The molecule has 2 aliphatic rings. The van der Waals surface area contributed by atoms with Gasteiger partial charge in [0.2, 0.25) is 5.91 Å². The van der Waals surface area contributed by atoms with Gasteiger partial charge in [-0.05, 0) is 37.1 Å². The van der Waals surface area contributed by atoms with E-state index in [-0.39, 0.29) is 30.7 Å². The van der Waals surface area contributed by atoms with Crippen LogP contribution in [0.15, 0.2) is 48.5 Å². The minimum atomic E-state index is -0.293. The zero-order chi connectivity index (χ0) is 22.2. The third kappa shape index (κ3) is 3.50. The number of hydrogen-bond acceptors (Lipinski definition) is 5. The maximum atomic E-state index is 12.8. The number of nitrogens with zero attached hydrogens (tertiary/aromatic N) is 3. The van der Waals surface area contributed by atoms with Crippen molar-refractivity contribution >= 4 is 35.3 Å². The van der Waals surface area contributed by atoms with Gasteiger partial charge in [0, 0.05) is 30.0 Å². The number of para-hydroxylation sites is 1. The van der Waals surface area contributed by atoms with E-state index in [0.717, 1.165) is 34.0 Å². The molecule has 0 spiro atoms. The molecule has 0 saturated carbocycles. The Kier molecular flexibility index (Phi) is 5.30. The Balaban J connectivity index is 1.27. The monoisotopic (exact) mass is 446 g/mol. The number of anilines is 1. The molecule has 5 rings (SSSR count). The molecule has 0 saturated heterocycles. The summed E-state index contributed by atoms with van der Waals surface area (Å²) in [4.78, 5) is 39.0. The number of carbonyl (C=O) groups excluding carboxylic acids is 3. The van der Waals surface area contributed by atoms with E-state index in [1.54, 1.807) is 36.0 Å². The summed E-state index contributed by atoms with van der Waals surface area (Å²) in [6.07, 6.45) is 0.598. The van der Waals surface area contributed by atoms with Gasteiger partial charge in [-0.3, -0.25) is 19.3 Å². The van der Waals surface area contributed by atoms with Crippen LogP contribution in [0.5, 0.6) is 0 Å². The summed E-state index contributed by atoms with van der Waals surface area (Å²) in [6, 6.07) is 14.7. The lowest BCUT2D eigenvalue weighted by molar-refractivity contribution is -0.116. The summed E-state index contributed by atoms with van der Waals surface area (Å²) in [7, 11) is 0. The van der Waals surface area contributed by atoms with Crippen molar-refractivity contribution in [3.8, 4) is 5.69 Å². The molecule has 162 valence electrons. The fourth-order valence-corrected chi connectivity index (χ4v) is 5.19. The number of hydrogen-bond donors (Lipinski definition) is 1. The second-order valence-electron chi connectivity index (χ2n) is 7.92. The van der Waals surface area contributed by atoms with Gasteiger partial charge in [0.1, 0.15) is 5.82 Å². The molecule has 2 aromatic carbocycles. The van der Waals surface area contributed by atoms with Crippen molar-refractivity contribution in [2.45, 2.75) is 31.3 Å². The highest BCUT2D eigenvalue weighted by Crippen LogP contribution is 2.36. The van der Waals surface area contributed by atoms with Crippen LogP contribution in [0.3, 0.4) is 0 Å². The summed E-state index contributed by atoms with van der Waals surface area (Å²) < 4.78 is 1.82. The average Bonchev–Trinajstić information content (AvgIpc) is 3.45. The fraction of sp³-hybridized carbons (Fsp3) is 0.250. The number of thioether (sulfide) groups is 1. The first-order chi connectivity index (χ1) is 15.5. The molecule has 0 radical (unpaired) electrons. The van der Waals surface area contributed by atoms with Crippen molar-refractivity contribution in [3.05, 3.63) is 76.5 Å². The topological polar surface area (TPSA) is 84.3 Å². The number of aryl methyl sites for hydroxylation is 1. The van der Waals surface area contributed by atoms with Crippen molar-refractivity contribution in [1.82, 2.24) is 14.7 Å². The summed E-state index contributed by atoms with van der Waals surface area (Å²) in [5.74, 6) is 1.61. The summed E-state index contributed by atoms with van der Waals surface area (Å²) in [5, 5.41) is 7.79. The highest BCUT2D eigenvalue weighted by Gasteiger charge is 2.34. The van der Waals surface area contributed by atoms with E-state index < -0.39 is 0 Å². The van der Waals surface area contributed by atoms with Gasteiger partial charge in [-0.25, -0.2) is 4.68 Å². The highest BCUT2D eigenvalue weighted by atomic mass is 32.2. The quantitative estimate of drug-likeness (QED) is 0.580. The molecule has 0 bridgehead atoms. The molecule has 0 unspecified atom stereocenters. The predicted molar refractivity (Wildman–Crippen MR) is 123 cm³/mol. The predicted octanol–water partition coefficient (Wildman–Crippen LogP) is 3.94. The molecule has 1 N–H and O–H groups in total. The van der Waals surface area contributed by atoms with E-state index in [4.69, 9.17) is 5.10 Å². The van der Waals surface area contributed by atoms with Gasteiger partial charge in [-0.15, -0.1) is 0 Å². The minimum absolute atomic E-state index is 0.156. The van der Waals surface area contributed by atoms with Gasteiger partial charge in [-0.1, -0.05) is 30.3 Å². The molecule has 3 heterocycles. The molecule has 0 aliphatic carbocycles. The van der Waals surface area contributed by atoms with Crippen LogP contribution in [0.2, 0.25) is 0 Å². The summed E-state index contributed by atoms with van der Waals surface area (Å²) in [5.41, 5.74) is 4.93. The first-order valence-electron chi connectivity index (χ1n) is 10.5. The lowest BCUT2D eigenvalue weighted by Gasteiger charge is -2.15. The Morgan fingerprint density at radius 1 is 1.03 bits per heavy atom. The summed E-state index contributed by atoms with van der Waals surface area (Å²) >= 11 is 1.78. The number of imide groups is 1. The van der Waals surface area contributed by atoms with E-state index in [1.807, 2.05) is 35.9 Å². The first kappa shape index (κ1) is 20.5. The summed E-state index contributed by atoms with van der Waals surface area (Å²) in [6.45, 7) is 2.23. The van der Waals surface area contributed by atoms with Crippen molar-refractivity contribution in [3.63, 3.8) is 0 Å². The number of nitrogens with one attached hydrogen (secondary N) is 1. The maximum Gasteiger partial charge on any atom is 0.261 e. The van der Waals surface area contributed by atoms with Gasteiger partial charge < -0.3 is 5.32 Å². The number of amides is 3. The first-order valence-corrected chi connectivity index (χ1v) is 11.7. The third-order valence-electron chi connectivity index (χ3n) is 5.82. The van der Waals surface area contributed by atoms with Gasteiger partial charge in [0.15, 0.2) is 0 Å². The lowest BCUT2D eigenvalue weighted by Crippen LogP contribution is -2.31. The van der Waals surface area contributed by atoms with Gasteiger partial charge in [0.25, 0.3) is 11.8 Å². The van der Waals surface area contributed by atoms with Gasteiger partial charge in [0.05, 0.1) is 22.5 Å². The second-order valence-corrected chi connectivity index (χ2v) is 8.91. The smallest absolute Gasteiger partial charge is 0.261 e. The standard InChI is InChI=1S/C24H22N4O3S/c1-15-7-2-5-10-20(15)28-22(18-13-32-14-19(18)26-28)25-21(29)11-6-12-27-23(30)16-8-3-4-9-17(16)24(27)31/h2-5,7-10H,6,11-14H2,1H3,(H,25,29). The molecule has 8 heteroatoms. The molecule has 0 fully saturated rings. The zero-order valence-corrected chi connectivity index (χ0v) is 18.4.